The number of nitrogens with zero attached hydrogens (tertiary/aromatic N) is 1. The second kappa shape index (κ2) is 5.63. The first kappa shape index (κ1) is 14.5. The van der Waals surface area contributed by atoms with Crippen molar-refractivity contribution in [1.29, 1.82) is 0 Å². The first-order chi connectivity index (χ1) is 8.95. The van der Waals surface area contributed by atoms with Crippen molar-refractivity contribution in [2.45, 2.75) is 36.6 Å². The standard InChI is InChI=1S/C13H18N2O2S2/c1-4-7-15(3)19(16,17)13-8-10(2)12(18-13)9-14-11-5-6-11/h1,8,11,14H,5-7,9H2,2-3H3. The fourth-order valence-corrected chi connectivity index (χ4v) is 4.52. The maximum atomic E-state index is 12.3. The fourth-order valence-electron chi connectivity index (χ4n) is 1.68. The second-order valence-electron chi connectivity index (χ2n) is 4.79. The zero-order valence-electron chi connectivity index (χ0n) is 11.1. The van der Waals surface area contributed by atoms with E-state index in [1.165, 1.54) is 35.5 Å². The first-order valence-electron chi connectivity index (χ1n) is 6.17. The smallest absolute Gasteiger partial charge is 0.253 e. The monoisotopic (exact) mass is 298 g/mol. The summed E-state index contributed by atoms with van der Waals surface area (Å²) in [6, 6.07) is 2.35. The van der Waals surface area contributed by atoms with Crippen LogP contribution in [-0.4, -0.2) is 32.4 Å². The van der Waals surface area contributed by atoms with Crippen LogP contribution < -0.4 is 5.32 Å². The summed E-state index contributed by atoms with van der Waals surface area (Å²) in [5, 5.41) is 3.40. The Hall–Kier alpha value is -0.870. The van der Waals surface area contributed by atoms with Crippen LogP contribution in [0.1, 0.15) is 23.3 Å². The molecule has 1 fully saturated rings. The first-order valence-corrected chi connectivity index (χ1v) is 8.43. The molecule has 0 bridgehead atoms. The Morgan fingerprint density at radius 1 is 1.58 bits per heavy atom. The van der Waals surface area contributed by atoms with Crippen molar-refractivity contribution in [3.63, 3.8) is 0 Å². The van der Waals surface area contributed by atoms with Gasteiger partial charge in [-0.3, -0.25) is 0 Å². The van der Waals surface area contributed by atoms with Crippen LogP contribution in [-0.2, 0) is 16.6 Å². The molecule has 0 radical (unpaired) electrons. The van der Waals surface area contributed by atoms with Crippen LogP contribution in [0.3, 0.4) is 0 Å². The third kappa shape index (κ3) is 3.37. The number of nitrogens with one attached hydrogen (secondary N) is 1. The predicted molar refractivity (Wildman–Crippen MR) is 77.6 cm³/mol. The minimum absolute atomic E-state index is 0.0922. The highest BCUT2D eigenvalue weighted by Crippen LogP contribution is 2.29. The Balaban J connectivity index is 2.16. The molecule has 1 saturated carbocycles. The summed E-state index contributed by atoms with van der Waals surface area (Å²) in [6.07, 6.45) is 7.61. The highest BCUT2D eigenvalue weighted by atomic mass is 32.2. The van der Waals surface area contributed by atoms with E-state index < -0.39 is 10.0 Å². The lowest BCUT2D eigenvalue weighted by Gasteiger charge is -2.12. The van der Waals surface area contributed by atoms with Gasteiger partial charge in [0.15, 0.2) is 0 Å². The minimum Gasteiger partial charge on any atom is -0.309 e. The Morgan fingerprint density at radius 3 is 2.84 bits per heavy atom. The van der Waals surface area contributed by atoms with Crippen molar-refractivity contribution < 1.29 is 8.42 Å². The molecule has 0 atom stereocenters. The Labute approximate surface area is 118 Å². The van der Waals surface area contributed by atoms with Crippen LogP contribution in [0.2, 0.25) is 0 Å². The Bertz CT molecular complexity index is 595. The van der Waals surface area contributed by atoms with Crippen molar-refractivity contribution in [1.82, 2.24) is 9.62 Å². The molecule has 1 aliphatic rings. The molecule has 0 aliphatic heterocycles. The molecule has 0 unspecified atom stereocenters. The zero-order valence-corrected chi connectivity index (χ0v) is 12.8. The van der Waals surface area contributed by atoms with Gasteiger partial charge in [0.1, 0.15) is 4.21 Å². The van der Waals surface area contributed by atoms with E-state index in [-0.39, 0.29) is 6.54 Å². The summed E-state index contributed by atoms with van der Waals surface area (Å²) in [5.74, 6) is 2.35. The molecule has 0 aromatic carbocycles. The van der Waals surface area contributed by atoms with Gasteiger partial charge in [-0.15, -0.1) is 17.8 Å². The third-order valence-corrected chi connectivity index (χ3v) is 6.59. The highest BCUT2D eigenvalue weighted by molar-refractivity contribution is 7.91. The lowest BCUT2D eigenvalue weighted by molar-refractivity contribution is 0.505. The van der Waals surface area contributed by atoms with Crippen LogP contribution in [0.4, 0.5) is 0 Å². The molecule has 1 heterocycles. The molecule has 4 nitrogen and oxygen atoms in total. The van der Waals surface area contributed by atoms with Crippen molar-refractivity contribution >= 4 is 21.4 Å². The molecule has 104 valence electrons. The third-order valence-electron chi connectivity index (χ3n) is 3.11. The predicted octanol–water partition coefficient (Wildman–Crippen LogP) is 1.56. The van der Waals surface area contributed by atoms with Crippen LogP contribution in [0, 0.1) is 19.3 Å². The van der Waals surface area contributed by atoms with Crippen LogP contribution in [0.25, 0.3) is 0 Å². The lowest BCUT2D eigenvalue weighted by Crippen LogP contribution is -2.26. The topological polar surface area (TPSA) is 49.4 Å². The zero-order chi connectivity index (χ0) is 14.0. The summed E-state index contributed by atoms with van der Waals surface area (Å²) in [6.45, 7) is 2.78. The second-order valence-corrected chi connectivity index (χ2v) is 8.20. The van der Waals surface area contributed by atoms with Gasteiger partial charge in [-0.2, -0.15) is 4.31 Å². The number of sulfonamides is 1. The quantitative estimate of drug-likeness (QED) is 0.811. The van der Waals surface area contributed by atoms with Gasteiger partial charge in [0.2, 0.25) is 0 Å². The number of terminal acetylenes is 1. The van der Waals surface area contributed by atoms with Crippen molar-refractivity contribution in [2.75, 3.05) is 13.6 Å². The molecule has 0 saturated heterocycles. The Kier molecular flexibility index (Phi) is 4.31. The molecule has 0 spiro atoms. The number of thiophene rings is 1. The van der Waals surface area contributed by atoms with Crippen molar-refractivity contribution in [3.8, 4) is 12.3 Å². The van der Waals surface area contributed by atoms with Crippen molar-refractivity contribution in [2.24, 2.45) is 0 Å². The van der Waals surface area contributed by atoms with E-state index in [2.05, 4.69) is 11.2 Å². The van der Waals surface area contributed by atoms with Crippen LogP contribution in [0.5, 0.6) is 0 Å². The van der Waals surface area contributed by atoms with Gasteiger partial charge in [-0.05, 0) is 31.4 Å². The van der Waals surface area contributed by atoms with Crippen molar-refractivity contribution in [3.05, 3.63) is 16.5 Å². The van der Waals surface area contributed by atoms with Gasteiger partial charge >= 0.3 is 0 Å². The largest absolute Gasteiger partial charge is 0.309 e. The van der Waals surface area contributed by atoms with E-state index >= 15 is 0 Å². The maximum Gasteiger partial charge on any atom is 0.253 e. The molecule has 1 aromatic heterocycles. The van der Waals surface area contributed by atoms with Crippen LogP contribution >= 0.6 is 11.3 Å². The summed E-state index contributed by atoms with van der Waals surface area (Å²) < 4.78 is 26.1. The van der Waals surface area contributed by atoms with Gasteiger partial charge < -0.3 is 5.32 Å². The summed E-state index contributed by atoms with van der Waals surface area (Å²) in [7, 11) is -1.94. The number of hydrogen-bond acceptors (Lipinski definition) is 4. The van der Waals surface area contributed by atoms with E-state index in [0.29, 0.717) is 10.3 Å². The SMILES string of the molecule is C#CCN(C)S(=O)(=O)c1cc(C)c(CNC2CC2)s1. The van der Waals surface area contributed by atoms with Gasteiger partial charge in [0, 0.05) is 24.5 Å². The summed E-state index contributed by atoms with van der Waals surface area (Å²) in [5.41, 5.74) is 1.02. The van der Waals surface area contributed by atoms with Gasteiger partial charge in [0.05, 0.1) is 6.54 Å². The number of rotatable bonds is 6. The van der Waals surface area contributed by atoms with E-state index in [1.807, 2.05) is 6.92 Å². The highest BCUT2D eigenvalue weighted by Gasteiger charge is 2.25. The molecule has 1 N–H and O–H groups in total. The molecule has 19 heavy (non-hydrogen) atoms. The van der Waals surface area contributed by atoms with Gasteiger partial charge in [0.25, 0.3) is 10.0 Å². The Morgan fingerprint density at radius 2 is 2.26 bits per heavy atom. The van der Waals surface area contributed by atoms with E-state index in [4.69, 9.17) is 6.42 Å². The van der Waals surface area contributed by atoms with Gasteiger partial charge in [-0.1, -0.05) is 5.92 Å². The number of aryl methyl sites for hydroxylation is 1. The molecular formula is C13H18N2O2S2. The molecule has 2 rings (SSSR count). The average molecular weight is 298 g/mol. The van der Waals surface area contributed by atoms with Gasteiger partial charge in [-0.25, -0.2) is 8.42 Å². The molecular weight excluding hydrogens is 280 g/mol. The molecule has 1 aromatic rings. The average Bonchev–Trinajstić information content (AvgIpc) is 3.10. The summed E-state index contributed by atoms with van der Waals surface area (Å²) >= 11 is 1.33. The summed E-state index contributed by atoms with van der Waals surface area (Å²) in [4.78, 5) is 1.08. The fraction of sp³-hybridized carbons (Fsp3) is 0.538. The van der Waals surface area contributed by atoms with E-state index in [0.717, 1.165) is 17.0 Å². The van der Waals surface area contributed by atoms with E-state index in [1.54, 1.807) is 6.07 Å². The maximum absolute atomic E-state index is 12.3. The minimum atomic E-state index is -3.44. The lowest BCUT2D eigenvalue weighted by atomic mass is 10.3. The van der Waals surface area contributed by atoms with Crippen LogP contribution in [0.15, 0.2) is 10.3 Å². The molecule has 0 amide bonds. The number of hydrogen-bond donors (Lipinski definition) is 1. The van der Waals surface area contributed by atoms with E-state index in [9.17, 15) is 8.42 Å². The molecule has 6 heteroatoms. The normalized spacial score (nSPS) is 15.7. The molecule has 1 aliphatic carbocycles.